The molecule has 0 aromatic heterocycles. The Morgan fingerprint density at radius 2 is 1.70 bits per heavy atom. The molecule has 2 heteroatoms. The van der Waals surface area contributed by atoms with Crippen molar-refractivity contribution < 1.29 is 10.2 Å². The molecule has 2 fully saturated rings. The predicted octanol–water partition coefficient (Wildman–Crippen LogP) is 4.00. The van der Waals surface area contributed by atoms with Gasteiger partial charge in [0.15, 0.2) is 0 Å². The Morgan fingerprint density at radius 3 is 2.20 bits per heavy atom. The average Bonchev–Trinajstić information content (AvgIpc) is 2.75. The quantitative estimate of drug-likeness (QED) is 0.818. The van der Waals surface area contributed by atoms with Crippen molar-refractivity contribution in [2.45, 2.75) is 84.8 Å². The molecule has 0 aromatic carbocycles. The lowest BCUT2D eigenvalue weighted by Crippen LogP contribution is -2.35. The molecule has 0 bridgehead atoms. The van der Waals surface area contributed by atoms with Gasteiger partial charge >= 0.3 is 0 Å². The largest absolute Gasteiger partial charge is 0.393 e. The Hall–Kier alpha value is -0.0800. The zero-order chi connectivity index (χ0) is 14.9. The van der Waals surface area contributed by atoms with Gasteiger partial charge in [0.1, 0.15) is 0 Å². The van der Waals surface area contributed by atoms with Crippen LogP contribution in [0.2, 0.25) is 0 Å². The fraction of sp³-hybridized carbons (Fsp3) is 1.00. The van der Waals surface area contributed by atoms with E-state index in [0.29, 0.717) is 29.1 Å². The third-order valence-electron chi connectivity index (χ3n) is 6.16. The molecular formula is C18H34O2. The van der Waals surface area contributed by atoms with E-state index in [9.17, 15) is 10.2 Å². The summed E-state index contributed by atoms with van der Waals surface area (Å²) in [4.78, 5) is 0. The van der Waals surface area contributed by atoms with Gasteiger partial charge in [0.05, 0.1) is 12.2 Å². The van der Waals surface area contributed by atoms with Gasteiger partial charge in [-0.15, -0.1) is 0 Å². The fourth-order valence-electron chi connectivity index (χ4n) is 4.80. The standard InChI is InChI=1S/C18H34O2/c1-12(2)16-8-5-13(9-17(16)20)11-18(3,4)14-6-7-15(19)10-14/h12-17,19-20H,5-11H2,1-4H3. The molecule has 0 radical (unpaired) electrons. The Balaban J connectivity index is 1.87. The molecule has 0 amide bonds. The summed E-state index contributed by atoms with van der Waals surface area (Å²) in [6.07, 6.45) is 7.64. The van der Waals surface area contributed by atoms with Gasteiger partial charge in [-0.25, -0.2) is 0 Å². The third kappa shape index (κ3) is 3.76. The minimum Gasteiger partial charge on any atom is -0.393 e. The van der Waals surface area contributed by atoms with E-state index in [1.54, 1.807) is 0 Å². The Bertz CT molecular complexity index is 311. The van der Waals surface area contributed by atoms with E-state index in [1.807, 2.05) is 0 Å². The van der Waals surface area contributed by atoms with Crippen molar-refractivity contribution >= 4 is 0 Å². The molecule has 0 aliphatic heterocycles. The zero-order valence-corrected chi connectivity index (χ0v) is 13.8. The highest BCUT2D eigenvalue weighted by Crippen LogP contribution is 2.46. The summed E-state index contributed by atoms with van der Waals surface area (Å²) >= 11 is 0. The Labute approximate surface area is 125 Å². The van der Waals surface area contributed by atoms with Gasteiger partial charge in [0, 0.05) is 0 Å². The monoisotopic (exact) mass is 282 g/mol. The molecule has 2 saturated carbocycles. The summed E-state index contributed by atoms with van der Waals surface area (Å²) in [5.74, 6) is 2.44. The van der Waals surface area contributed by atoms with Gasteiger partial charge in [-0.05, 0) is 74.0 Å². The number of aliphatic hydroxyl groups is 2. The number of hydrogen-bond donors (Lipinski definition) is 2. The third-order valence-corrected chi connectivity index (χ3v) is 6.16. The van der Waals surface area contributed by atoms with Crippen molar-refractivity contribution in [3.05, 3.63) is 0 Å². The van der Waals surface area contributed by atoms with E-state index in [2.05, 4.69) is 27.7 Å². The van der Waals surface area contributed by atoms with E-state index in [0.717, 1.165) is 19.3 Å². The van der Waals surface area contributed by atoms with Crippen LogP contribution in [0.5, 0.6) is 0 Å². The molecule has 20 heavy (non-hydrogen) atoms. The summed E-state index contributed by atoms with van der Waals surface area (Å²) in [5.41, 5.74) is 0.312. The van der Waals surface area contributed by atoms with Crippen molar-refractivity contribution in [2.75, 3.05) is 0 Å². The second-order valence-corrected chi connectivity index (χ2v) is 8.51. The van der Waals surface area contributed by atoms with Crippen molar-refractivity contribution in [3.8, 4) is 0 Å². The number of aliphatic hydroxyl groups excluding tert-OH is 2. The molecule has 5 atom stereocenters. The second-order valence-electron chi connectivity index (χ2n) is 8.51. The van der Waals surface area contributed by atoms with Crippen LogP contribution < -0.4 is 0 Å². The van der Waals surface area contributed by atoms with Crippen LogP contribution in [0.25, 0.3) is 0 Å². The predicted molar refractivity (Wildman–Crippen MR) is 83.4 cm³/mol. The summed E-state index contributed by atoms with van der Waals surface area (Å²) in [6.45, 7) is 9.21. The van der Waals surface area contributed by atoms with E-state index in [-0.39, 0.29) is 12.2 Å². The highest BCUT2D eigenvalue weighted by molar-refractivity contribution is 4.90. The lowest BCUT2D eigenvalue weighted by Gasteiger charge is -2.40. The minimum absolute atomic E-state index is 0.0680. The summed E-state index contributed by atoms with van der Waals surface area (Å²) < 4.78 is 0. The SMILES string of the molecule is CC(C)C1CCC(CC(C)(C)C2CCC(O)C2)CC1O. The average molecular weight is 282 g/mol. The second kappa shape index (κ2) is 6.36. The maximum atomic E-state index is 10.4. The first-order valence-corrected chi connectivity index (χ1v) is 8.65. The van der Waals surface area contributed by atoms with Gasteiger partial charge in [0.2, 0.25) is 0 Å². The first-order chi connectivity index (χ1) is 9.29. The molecule has 0 heterocycles. The van der Waals surface area contributed by atoms with Crippen molar-refractivity contribution in [1.82, 2.24) is 0 Å². The molecular weight excluding hydrogens is 248 g/mol. The molecule has 5 unspecified atom stereocenters. The minimum atomic E-state index is -0.0984. The van der Waals surface area contributed by atoms with Gasteiger partial charge < -0.3 is 10.2 Å². The van der Waals surface area contributed by atoms with E-state index >= 15 is 0 Å². The zero-order valence-electron chi connectivity index (χ0n) is 13.8. The van der Waals surface area contributed by atoms with Crippen LogP contribution in [0.1, 0.15) is 72.6 Å². The maximum absolute atomic E-state index is 10.4. The molecule has 0 saturated heterocycles. The van der Waals surface area contributed by atoms with Crippen LogP contribution in [0, 0.1) is 29.1 Å². The summed E-state index contributed by atoms with van der Waals surface area (Å²) in [6, 6.07) is 0. The Morgan fingerprint density at radius 1 is 1.00 bits per heavy atom. The van der Waals surface area contributed by atoms with Gasteiger partial charge in [-0.2, -0.15) is 0 Å². The number of rotatable bonds is 4. The first kappa shape index (κ1) is 16.3. The van der Waals surface area contributed by atoms with E-state index in [1.165, 1.54) is 25.7 Å². The van der Waals surface area contributed by atoms with Crippen LogP contribution in [0.3, 0.4) is 0 Å². The molecule has 118 valence electrons. The molecule has 2 N–H and O–H groups in total. The fourth-order valence-corrected chi connectivity index (χ4v) is 4.80. The van der Waals surface area contributed by atoms with E-state index < -0.39 is 0 Å². The van der Waals surface area contributed by atoms with Crippen LogP contribution in [-0.2, 0) is 0 Å². The first-order valence-electron chi connectivity index (χ1n) is 8.65. The van der Waals surface area contributed by atoms with Crippen LogP contribution in [0.15, 0.2) is 0 Å². The van der Waals surface area contributed by atoms with Crippen LogP contribution in [-0.4, -0.2) is 22.4 Å². The van der Waals surface area contributed by atoms with E-state index in [4.69, 9.17) is 0 Å². The lowest BCUT2D eigenvalue weighted by molar-refractivity contribution is 0.00676. The summed E-state index contributed by atoms with van der Waals surface area (Å²) in [5, 5.41) is 20.1. The highest BCUT2D eigenvalue weighted by Gasteiger charge is 2.39. The molecule has 2 rings (SSSR count). The topological polar surface area (TPSA) is 40.5 Å². The molecule has 0 spiro atoms. The lowest BCUT2D eigenvalue weighted by atomic mass is 9.66. The molecule has 0 aromatic rings. The molecule has 2 aliphatic carbocycles. The normalized spacial score (nSPS) is 39.5. The molecule has 2 aliphatic rings. The van der Waals surface area contributed by atoms with Gasteiger partial charge in [-0.3, -0.25) is 0 Å². The van der Waals surface area contributed by atoms with Crippen LogP contribution >= 0.6 is 0 Å². The van der Waals surface area contributed by atoms with Gasteiger partial charge in [-0.1, -0.05) is 27.7 Å². The van der Waals surface area contributed by atoms with Crippen molar-refractivity contribution in [2.24, 2.45) is 29.1 Å². The smallest absolute Gasteiger partial charge is 0.0573 e. The summed E-state index contributed by atoms with van der Waals surface area (Å²) in [7, 11) is 0. The van der Waals surface area contributed by atoms with Crippen molar-refractivity contribution in [3.63, 3.8) is 0 Å². The van der Waals surface area contributed by atoms with Crippen molar-refractivity contribution in [1.29, 1.82) is 0 Å². The highest BCUT2D eigenvalue weighted by atomic mass is 16.3. The van der Waals surface area contributed by atoms with Gasteiger partial charge in [0.25, 0.3) is 0 Å². The molecule has 2 nitrogen and oxygen atoms in total. The number of hydrogen-bond acceptors (Lipinski definition) is 2. The maximum Gasteiger partial charge on any atom is 0.0573 e. The van der Waals surface area contributed by atoms with Crippen LogP contribution in [0.4, 0.5) is 0 Å². The Kier molecular flexibility index (Phi) is 5.18.